The summed E-state index contributed by atoms with van der Waals surface area (Å²) in [6.45, 7) is 3.74. The van der Waals surface area contributed by atoms with Gasteiger partial charge < -0.3 is 9.15 Å². The SMILES string of the molecule is COC(=O)c1ccc(C)c(-c2ccc(/C=C3\C(=O)NC(=O)N(c4ccc(C)cc4)C3=O)o2)c1. The monoisotopic (exact) mass is 444 g/mol. The number of urea groups is 1. The Morgan fingerprint density at radius 3 is 2.42 bits per heavy atom. The standard InChI is InChI=1S/C25H20N2O6/c1-14-4-8-17(9-5-14)27-23(29)20(22(28)26-25(27)31)13-18-10-11-21(33-18)19-12-16(24(30)32-3)7-6-15(19)2/h4-13H,1-3H3,(H,26,28,31)/b20-13+. The minimum absolute atomic E-state index is 0.240. The number of benzene rings is 2. The topological polar surface area (TPSA) is 106 Å². The van der Waals surface area contributed by atoms with Crippen LogP contribution < -0.4 is 10.2 Å². The van der Waals surface area contributed by atoms with Gasteiger partial charge in [0, 0.05) is 5.56 Å². The number of nitrogens with one attached hydrogen (secondary N) is 1. The number of carbonyl (C=O) groups is 4. The molecule has 0 atom stereocenters. The highest BCUT2D eigenvalue weighted by molar-refractivity contribution is 6.39. The minimum Gasteiger partial charge on any atom is -0.465 e. The van der Waals surface area contributed by atoms with Gasteiger partial charge in [-0.05, 0) is 61.9 Å². The average Bonchev–Trinajstić information content (AvgIpc) is 3.26. The van der Waals surface area contributed by atoms with E-state index in [2.05, 4.69) is 5.32 Å². The van der Waals surface area contributed by atoms with E-state index in [1.54, 1.807) is 54.6 Å². The second-order valence-electron chi connectivity index (χ2n) is 7.52. The van der Waals surface area contributed by atoms with Crippen LogP contribution in [0.3, 0.4) is 0 Å². The first-order valence-electron chi connectivity index (χ1n) is 10.1. The van der Waals surface area contributed by atoms with Crippen LogP contribution in [0.2, 0.25) is 0 Å². The number of carbonyl (C=O) groups excluding carboxylic acids is 4. The molecular weight excluding hydrogens is 424 g/mol. The molecule has 0 saturated carbocycles. The van der Waals surface area contributed by atoms with Gasteiger partial charge in [-0.15, -0.1) is 0 Å². The number of esters is 1. The fraction of sp³-hybridized carbons (Fsp3) is 0.120. The average molecular weight is 444 g/mol. The first-order valence-corrected chi connectivity index (χ1v) is 10.1. The van der Waals surface area contributed by atoms with Crippen LogP contribution in [-0.2, 0) is 14.3 Å². The van der Waals surface area contributed by atoms with Crippen LogP contribution in [0, 0.1) is 13.8 Å². The van der Waals surface area contributed by atoms with Gasteiger partial charge in [-0.25, -0.2) is 14.5 Å². The number of aryl methyl sites for hydroxylation is 2. The molecule has 1 aliphatic heterocycles. The molecule has 0 spiro atoms. The molecule has 1 aliphatic rings. The molecule has 0 radical (unpaired) electrons. The predicted octanol–water partition coefficient (Wildman–Crippen LogP) is 4.02. The summed E-state index contributed by atoms with van der Waals surface area (Å²) in [5.41, 5.74) is 2.96. The van der Waals surface area contributed by atoms with Gasteiger partial charge in [-0.2, -0.15) is 0 Å². The van der Waals surface area contributed by atoms with Crippen LogP contribution in [0.5, 0.6) is 0 Å². The van der Waals surface area contributed by atoms with E-state index >= 15 is 0 Å². The first kappa shape index (κ1) is 21.8. The van der Waals surface area contributed by atoms with E-state index in [9.17, 15) is 19.2 Å². The Bertz CT molecular complexity index is 1320. The van der Waals surface area contributed by atoms with Crippen LogP contribution in [0.15, 0.2) is 64.6 Å². The molecule has 0 aliphatic carbocycles. The second kappa shape index (κ2) is 8.58. The maximum atomic E-state index is 13.0. The zero-order valence-corrected chi connectivity index (χ0v) is 18.2. The van der Waals surface area contributed by atoms with Crippen LogP contribution in [0.4, 0.5) is 10.5 Å². The summed E-state index contributed by atoms with van der Waals surface area (Å²) in [7, 11) is 1.30. The number of amides is 4. The summed E-state index contributed by atoms with van der Waals surface area (Å²) in [6, 6.07) is 14.3. The normalized spacial score (nSPS) is 15.1. The number of hydrogen-bond acceptors (Lipinski definition) is 6. The fourth-order valence-corrected chi connectivity index (χ4v) is 3.44. The van der Waals surface area contributed by atoms with Gasteiger partial charge in [-0.3, -0.25) is 14.9 Å². The molecule has 1 fully saturated rings. The number of anilines is 1. The molecule has 2 heterocycles. The Hall–Kier alpha value is -4.46. The van der Waals surface area contributed by atoms with E-state index in [4.69, 9.17) is 9.15 Å². The van der Waals surface area contributed by atoms with E-state index in [0.29, 0.717) is 22.6 Å². The van der Waals surface area contributed by atoms with Crippen molar-refractivity contribution in [3.05, 3.63) is 82.6 Å². The van der Waals surface area contributed by atoms with E-state index < -0.39 is 23.8 Å². The number of imide groups is 2. The van der Waals surface area contributed by atoms with Gasteiger partial charge in [0.1, 0.15) is 17.1 Å². The number of methoxy groups -OCH3 is 1. The zero-order chi connectivity index (χ0) is 23.7. The summed E-state index contributed by atoms with van der Waals surface area (Å²) in [5.74, 6) is -1.36. The molecule has 3 aromatic rings. The van der Waals surface area contributed by atoms with Crippen molar-refractivity contribution in [2.75, 3.05) is 12.0 Å². The second-order valence-corrected chi connectivity index (χ2v) is 7.52. The van der Waals surface area contributed by atoms with E-state index in [-0.39, 0.29) is 11.3 Å². The van der Waals surface area contributed by atoms with Crippen molar-refractivity contribution in [1.29, 1.82) is 0 Å². The lowest BCUT2D eigenvalue weighted by atomic mass is 10.0. The molecule has 0 bridgehead atoms. The van der Waals surface area contributed by atoms with Crippen molar-refractivity contribution >= 4 is 35.6 Å². The predicted molar refractivity (Wildman–Crippen MR) is 120 cm³/mol. The summed E-state index contributed by atoms with van der Waals surface area (Å²) in [6.07, 6.45) is 1.29. The summed E-state index contributed by atoms with van der Waals surface area (Å²) in [4.78, 5) is 50.5. The Morgan fingerprint density at radius 2 is 1.73 bits per heavy atom. The lowest BCUT2D eigenvalue weighted by Gasteiger charge is -2.26. The lowest BCUT2D eigenvalue weighted by molar-refractivity contribution is -0.122. The van der Waals surface area contributed by atoms with Crippen molar-refractivity contribution in [1.82, 2.24) is 5.32 Å². The van der Waals surface area contributed by atoms with Gasteiger partial charge in [0.2, 0.25) is 0 Å². The third kappa shape index (κ3) is 4.18. The molecule has 8 heteroatoms. The Labute approximate surface area is 189 Å². The molecule has 4 amide bonds. The third-order valence-corrected chi connectivity index (χ3v) is 5.23. The number of barbiturate groups is 1. The van der Waals surface area contributed by atoms with Crippen LogP contribution in [0.1, 0.15) is 27.2 Å². The van der Waals surface area contributed by atoms with Crippen molar-refractivity contribution in [3.8, 4) is 11.3 Å². The largest absolute Gasteiger partial charge is 0.465 e. The molecule has 1 aromatic heterocycles. The molecule has 0 unspecified atom stereocenters. The van der Waals surface area contributed by atoms with Crippen LogP contribution in [0.25, 0.3) is 17.4 Å². The Morgan fingerprint density at radius 1 is 1.00 bits per heavy atom. The van der Waals surface area contributed by atoms with Crippen molar-refractivity contribution in [2.24, 2.45) is 0 Å². The number of furan rings is 1. The van der Waals surface area contributed by atoms with E-state index in [0.717, 1.165) is 16.0 Å². The molecule has 2 aromatic carbocycles. The van der Waals surface area contributed by atoms with Gasteiger partial charge in [0.05, 0.1) is 18.4 Å². The zero-order valence-electron chi connectivity index (χ0n) is 18.2. The maximum absolute atomic E-state index is 13.0. The highest BCUT2D eigenvalue weighted by atomic mass is 16.5. The summed E-state index contributed by atoms with van der Waals surface area (Å²) < 4.78 is 10.6. The van der Waals surface area contributed by atoms with Gasteiger partial charge in [0.25, 0.3) is 11.8 Å². The van der Waals surface area contributed by atoms with Crippen molar-refractivity contribution in [2.45, 2.75) is 13.8 Å². The molecule has 8 nitrogen and oxygen atoms in total. The number of ether oxygens (including phenoxy) is 1. The van der Waals surface area contributed by atoms with Crippen molar-refractivity contribution < 1.29 is 28.3 Å². The number of nitrogens with zero attached hydrogens (tertiary/aromatic N) is 1. The van der Waals surface area contributed by atoms with Crippen molar-refractivity contribution in [3.63, 3.8) is 0 Å². The van der Waals surface area contributed by atoms with Gasteiger partial charge >= 0.3 is 12.0 Å². The molecule has 4 rings (SSSR count). The fourth-order valence-electron chi connectivity index (χ4n) is 3.44. The molecule has 33 heavy (non-hydrogen) atoms. The third-order valence-electron chi connectivity index (χ3n) is 5.23. The highest BCUT2D eigenvalue weighted by Gasteiger charge is 2.37. The smallest absolute Gasteiger partial charge is 0.337 e. The summed E-state index contributed by atoms with van der Waals surface area (Å²) >= 11 is 0. The number of rotatable bonds is 4. The van der Waals surface area contributed by atoms with Gasteiger partial charge in [-0.1, -0.05) is 23.8 Å². The molecule has 1 saturated heterocycles. The lowest BCUT2D eigenvalue weighted by Crippen LogP contribution is -2.54. The van der Waals surface area contributed by atoms with E-state index in [1.165, 1.54) is 13.2 Å². The van der Waals surface area contributed by atoms with Crippen LogP contribution >= 0.6 is 0 Å². The quantitative estimate of drug-likeness (QED) is 0.370. The maximum Gasteiger partial charge on any atom is 0.337 e. The van der Waals surface area contributed by atoms with E-state index in [1.807, 2.05) is 13.8 Å². The van der Waals surface area contributed by atoms with Gasteiger partial charge in [0.15, 0.2) is 0 Å². The minimum atomic E-state index is -0.818. The van der Waals surface area contributed by atoms with Crippen LogP contribution in [-0.4, -0.2) is 30.9 Å². The number of hydrogen-bond donors (Lipinski definition) is 1. The molecule has 166 valence electrons. The summed E-state index contributed by atoms with van der Waals surface area (Å²) in [5, 5.41) is 2.18. The Balaban J connectivity index is 1.68. The molecular formula is C25H20N2O6. The first-order chi connectivity index (χ1) is 15.8. The Kier molecular flexibility index (Phi) is 5.66. The highest BCUT2D eigenvalue weighted by Crippen LogP contribution is 2.29. The molecule has 1 N–H and O–H groups in total.